The van der Waals surface area contributed by atoms with Crippen LogP contribution < -0.4 is 5.32 Å². The van der Waals surface area contributed by atoms with E-state index in [0.29, 0.717) is 11.4 Å². The molecule has 0 bridgehead atoms. The molecule has 1 unspecified atom stereocenters. The number of benzene rings is 2. The fraction of sp³-hybridized carbons (Fsp3) is 0.286. The second kappa shape index (κ2) is 9.26. The number of thioether (sulfide) groups is 1. The Morgan fingerprint density at radius 1 is 1.18 bits per heavy atom. The third kappa shape index (κ3) is 4.75. The van der Waals surface area contributed by atoms with Gasteiger partial charge in [-0.15, -0.1) is 10.2 Å². The zero-order chi connectivity index (χ0) is 20.1. The molecule has 3 rings (SSSR count). The van der Waals surface area contributed by atoms with Gasteiger partial charge >= 0.3 is 0 Å². The Balaban J connectivity index is 1.70. The Morgan fingerprint density at radius 2 is 1.93 bits per heavy atom. The van der Waals surface area contributed by atoms with Crippen LogP contribution >= 0.6 is 23.4 Å². The lowest BCUT2D eigenvalue weighted by molar-refractivity contribution is -0.115. The predicted molar refractivity (Wildman–Crippen MR) is 115 cm³/mol. The molecule has 0 aliphatic rings. The highest BCUT2D eigenvalue weighted by molar-refractivity contribution is 8.00. The van der Waals surface area contributed by atoms with Gasteiger partial charge in [0.15, 0.2) is 5.16 Å². The molecule has 1 atom stereocenters. The van der Waals surface area contributed by atoms with Crippen LogP contribution in [0.1, 0.15) is 30.8 Å². The van der Waals surface area contributed by atoms with Gasteiger partial charge in [-0.25, -0.2) is 0 Å². The first-order valence-electron chi connectivity index (χ1n) is 9.18. The molecule has 0 spiro atoms. The molecule has 3 aromatic rings. The van der Waals surface area contributed by atoms with E-state index >= 15 is 0 Å². The molecular formula is C21H23ClN4OS. The van der Waals surface area contributed by atoms with Gasteiger partial charge in [0.05, 0.1) is 5.25 Å². The third-order valence-electron chi connectivity index (χ3n) is 4.49. The number of carbonyl (C=O) groups excluding carboxylic acids is 1. The Labute approximate surface area is 174 Å². The van der Waals surface area contributed by atoms with Crippen molar-refractivity contribution >= 4 is 35.0 Å². The van der Waals surface area contributed by atoms with Gasteiger partial charge in [-0.1, -0.05) is 59.8 Å². The van der Waals surface area contributed by atoms with Crippen LogP contribution in [-0.4, -0.2) is 25.9 Å². The van der Waals surface area contributed by atoms with Crippen LogP contribution in [0, 0.1) is 6.92 Å². The summed E-state index contributed by atoms with van der Waals surface area (Å²) >= 11 is 7.55. The summed E-state index contributed by atoms with van der Waals surface area (Å²) in [6, 6.07) is 15.7. The summed E-state index contributed by atoms with van der Waals surface area (Å²) in [4.78, 5) is 12.6. The molecule has 146 valence electrons. The van der Waals surface area contributed by atoms with Crippen molar-refractivity contribution in [1.29, 1.82) is 0 Å². The lowest BCUT2D eigenvalue weighted by Crippen LogP contribution is -2.23. The number of hydrogen-bond donors (Lipinski definition) is 1. The van der Waals surface area contributed by atoms with Crippen molar-refractivity contribution in [3.8, 4) is 0 Å². The molecule has 0 aliphatic carbocycles. The normalized spacial score (nSPS) is 12.0. The van der Waals surface area contributed by atoms with Gasteiger partial charge in [-0.2, -0.15) is 0 Å². The number of halogens is 1. The number of rotatable bonds is 7. The SMILES string of the molecule is CCn1c(Cc2ccccc2)nnc1SC(C)C(=O)Nc1cccc(Cl)c1C. The summed E-state index contributed by atoms with van der Waals surface area (Å²) in [5.74, 6) is 0.806. The minimum atomic E-state index is -0.322. The molecule has 1 amide bonds. The zero-order valence-corrected chi connectivity index (χ0v) is 17.7. The van der Waals surface area contributed by atoms with E-state index < -0.39 is 0 Å². The molecule has 0 saturated heterocycles. The standard InChI is InChI=1S/C21H23ClN4OS/c1-4-26-19(13-16-9-6-5-7-10-16)24-25-21(26)28-15(3)20(27)23-18-12-8-11-17(22)14(18)2/h5-12,15H,4,13H2,1-3H3,(H,23,27). The first kappa shape index (κ1) is 20.4. The largest absolute Gasteiger partial charge is 0.325 e. The molecule has 2 aromatic carbocycles. The van der Waals surface area contributed by atoms with Gasteiger partial charge < -0.3 is 9.88 Å². The summed E-state index contributed by atoms with van der Waals surface area (Å²) in [6.45, 7) is 6.56. The van der Waals surface area contributed by atoms with Crippen LogP contribution in [0.15, 0.2) is 53.7 Å². The van der Waals surface area contributed by atoms with Crippen LogP contribution in [0.4, 0.5) is 5.69 Å². The molecule has 0 radical (unpaired) electrons. The quantitative estimate of drug-likeness (QED) is 0.554. The molecular weight excluding hydrogens is 392 g/mol. The molecule has 7 heteroatoms. The van der Waals surface area contributed by atoms with E-state index in [9.17, 15) is 4.79 Å². The smallest absolute Gasteiger partial charge is 0.237 e. The molecule has 0 saturated carbocycles. The Bertz CT molecular complexity index is 958. The second-order valence-electron chi connectivity index (χ2n) is 6.47. The van der Waals surface area contributed by atoms with Gasteiger partial charge in [0, 0.05) is 23.7 Å². The first-order chi connectivity index (χ1) is 13.5. The van der Waals surface area contributed by atoms with Gasteiger partial charge in [0.1, 0.15) is 5.82 Å². The molecule has 1 aromatic heterocycles. The fourth-order valence-electron chi connectivity index (χ4n) is 2.82. The van der Waals surface area contributed by atoms with E-state index in [2.05, 4.69) is 39.1 Å². The van der Waals surface area contributed by atoms with E-state index in [1.165, 1.54) is 17.3 Å². The molecule has 1 heterocycles. The molecule has 0 aliphatic heterocycles. The highest BCUT2D eigenvalue weighted by Gasteiger charge is 2.20. The highest BCUT2D eigenvalue weighted by atomic mass is 35.5. The highest BCUT2D eigenvalue weighted by Crippen LogP contribution is 2.27. The average Bonchev–Trinajstić information content (AvgIpc) is 3.07. The summed E-state index contributed by atoms with van der Waals surface area (Å²) in [7, 11) is 0. The third-order valence-corrected chi connectivity index (χ3v) is 5.98. The number of nitrogens with one attached hydrogen (secondary N) is 1. The van der Waals surface area contributed by atoms with E-state index in [1.54, 1.807) is 0 Å². The molecule has 0 fully saturated rings. The van der Waals surface area contributed by atoms with Crippen LogP contribution in [-0.2, 0) is 17.8 Å². The minimum absolute atomic E-state index is 0.0920. The van der Waals surface area contributed by atoms with Crippen LogP contribution in [0.2, 0.25) is 5.02 Å². The number of aromatic nitrogens is 3. The van der Waals surface area contributed by atoms with Crippen molar-refractivity contribution in [3.63, 3.8) is 0 Å². The average molecular weight is 415 g/mol. The maximum Gasteiger partial charge on any atom is 0.237 e. The summed E-state index contributed by atoms with van der Waals surface area (Å²) in [5, 5.41) is 12.7. The number of carbonyl (C=O) groups is 1. The van der Waals surface area contributed by atoms with E-state index in [1.807, 2.05) is 50.2 Å². The Morgan fingerprint density at radius 3 is 2.64 bits per heavy atom. The Kier molecular flexibility index (Phi) is 6.75. The number of nitrogens with zero attached hydrogens (tertiary/aromatic N) is 3. The van der Waals surface area contributed by atoms with Gasteiger partial charge in [-0.05, 0) is 44.0 Å². The second-order valence-corrected chi connectivity index (χ2v) is 8.18. The summed E-state index contributed by atoms with van der Waals surface area (Å²) in [5.41, 5.74) is 2.77. The number of hydrogen-bond acceptors (Lipinski definition) is 4. The van der Waals surface area contributed by atoms with Gasteiger partial charge in [0.25, 0.3) is 0 Å². The van der Waals surface area contributed by atoms with E-state index in [4.69, 9.17) is 11.6 Å². The van der Waals surface area contributed by atoms with Crippen molar-refractivity contribution in [3.05, 3.63) is 70.5 Å². The lowest BCUT2D eigenvalue weighted by Gasteiger charge is -2.14. The fourth-order valence-corrected chi connectivity index (χ4v) is 3.93. The minimum Gasteiger partial charge on any atom is -0.325 e. The zero-order valence-electron chi connectivity index (χ0n) is 16.1. The van der Waals surface area contributed by atoms with Crippen molar-refractivity contribution in [2.45, 2.75) is 44.1 Å². The monoisotopic (exact) mass is 414 g/mol. The summed E-state index contributed by atoms with van der Waals surface area (Å²) in [6.07, 6.45) is 0.713. The van der Waals surface area contributed by atoms with Crippen LogP contribution in [0.25, 0.3) is 0 Å². The summed E-state index contributed by atoms with van der Waals surface area (Å²) < 4.78 is 2.06. The molecule has 5 nitrogen and oxygen atoms in total. The topological polar surface area (TPSA) is 59.8 Å². The van der Waals surface area contributed by atoms with Crippen molar-refractivity contribution in [1.82, 2.24) is 14.8 Å². The van der Waals surface area contributed by atoms with Gasteiger partial charge in [-0.3, -0.25) is 4.79 Å². The lowest BCUT2D eigenvalue weighted by atomic mass is 10.1. The van der Waals surface area contributed by atoms with Gasteiger partial charge in [0.2, 0.25) is 5.91 Å². The van der Waals surface area contributed by atoms with E-state index in [0.717, 1.165) is 28.8 Å². The predicted octanol–water partition coefficient (Wildman–Crippen LogP) is 4.97. The first-order valence-corrected chi connectivity index (χ1v) is 10.4. The number of amides is 1. The Hall–Kier alpha value is -2.31. The maximum absolute atomic E-state index is 12.6. The molecule has 28 heavy (non-hydrogen) atoms. The molecule has 1 N–H and O–H groups in total. The number of anilines is 1. The van der Waals surface area contributed by atoms with Crippen molar-refractivity contribution < 1.29 is 4.79 Å². The maximum atomic E-state index is 12.6. The van der Waals surface area contributed by atoms with Crippen molar-refractivity contribution in [2.75, 3.05) is 5.32 Å². The van der Waals surface area contributed by atoms with Crippen LogP contribution in [0.3, 0.4) is 0 Å². The van der Waals surface area contributed by atoms with Crippen LogP contribution in [0.5, 0.6) is 0 Å². The van der Waals surface area contributed by atoms with E-state index in [-0.39, 0.29) is 11.2 Å². The van der Waals surface area contributed by atoms with Crippen molar-refractivity contribution in [2.24, 2.45) is 0 Å².